The molecule has 1 saturated carbocycles. The Kier molecular flexibility index (Phi) is 9.62. The van der Waals surface area contributed by atoms with E-state index in [1.807, 2.05) is 42.6 Å². The Labute approximate surface area is 206 Å². The molecule has 34 heavy (non-hydrogen) atoms. The summed E-state index contributed by atoms with van der Waals surface area (Å²) >= 11 is 1.36. The number of carbonyl (C=O) groups is 3. The predicted molar refractivity (Wildman–Crippen MR) is 135 cm³/mol. The van der Waals surface area contributed by atoms with Gasteiger partial charge in [-0.2, -0.15) is 0 Å². The Morgan fingerprint density at radius 1 is 1.12 bits per heavy atom. The van der Waals surface area contributed by atoms with Gasteiger partial charge in [0.2, 0.25) is 17.7 Å². The highest BCUT2D eigenvalue weighted by molar-refractivity contribution is 7.13. The van der Waals surface area contributed by atoms with E-state index in [2.05, 4.69) is 29.5 Å². The summed E-state index contributed by atoms with van der Waals surface area (Å²) in [4.78, 5) is 45.2. The largest absolute Gasteiger partial charge is 0.351 e. The number of hydrogen-bond donors (Lipinski definition) is 2. The second kappa shape index (κ2) is 12.6. The summed E-state index contributed by atoms with van der Waals surface area (Å²) in [6, 6.07) is 8.92. The van der Waals surface area contributed by atoms with Crippen LogP contribution in [-0.4, -0.2) is 40.2 Å². The van der Waals surface area contributed by atoms with Crippen LogP contribution in [0.2, 0.25) is 0 Å². The fourth-order valence-electron chi connectivity index (χ4n) is 4.21. The van der Waals surface area contributed by atoms with Gasteiger partial charge in [-0.05, 0) is 37.7 Å². The van der Waals surface area contributed by atoms with Gasteiger partial charge in [0.05, 0.1) is 5.69 Å². The van der Waals surface area contributed by atoms with Crippen molar-refractivity contribution >= 4 is 34.2 Å². The van der Waals surface area contributed by atoms with Crippen LogP contribution in [0.15, 0.2) is 35.7 Å². The van der Waals surface area contributed by atoms with Gasteiger partial charge in [-0.15, -0.1) is 11.3 Å². The molecular weight excluding hydrogens is 448 g/mol. The smallest absolute Gasteiger partial charge is 0.247 e. The molecule has 3 rings (SSSR count). The van der Waals surface area contributed by atoms with Crippen molar-refractivity contribution in [2.75, 3.05) is 11.9 Å². The first-order chi connectivity index (χ1) is 16.3. The topological polar surface area (TPSA) is 91.4 Å². The molecule has 0 spiro atoms. The van der Waals surface area contributed by atoms with Crippen LogP contribution < -0.4 is 10.6 Å². The number of amides is 3. The van der Waals surface area contributed by atoms with Crippen molar-refractivity contribution in [3.8, 4) is 0 Å². The van der Waals surface area contributed by atoms with E-state index in [4.69, 9.17) is 0 Å². The van der Waals surface area contributed by atoms with Crippen molar-refractivity contribution in [3.05, 3.63) is 47.0 Å². The Hall–Kier alpha value is -2.74. The standard InChI is InChI=1S/C26H36N4O3S/c1-18(2)15-16-30(23(32)14-13-22(31)29-26-27-19(3)17-34-26)24(20-9-5-4-6-10-20)25(33)28-21-11-7-8-12-21/h4-6,9-10,17-18,21,24H,7-8,11-16H2,1-3H3,(H,28,33)(H,27,29,31). The van der Waals surface area contributed by atoms with Crippen LogP contribution in [0.5, 0.6) is 0 Å². The van der Waals surface area contributed by atoms with Gasteiger partial charge in [-0.25, -0.2) is 4.98 Å². The van der Waals surface area contributed by atoms with Gasteiger partial charge in [0.25, 0.3) is 0 Å². The molecule has 1 unspecified atom stereocenters. The molecule has 2 N–H and O–H groups in total. The molecule has 0 aliphatic heterocycles. The Morgan fingerprint density at radius 2 is 1.82 bits per heavy atom. The van der Waals surface area contributed by atoms with Crippen LogP contribution in [0.4, 0.5) is 5.13 Å². The zero-order chi connectivity index (χ0) is 24.5. The van der Waals surface area contributed by atoms with Crippen LogP contribution in [0, 0.1) is 12.8 Å². The third-order valence-electron chi connectivity index (χ3n) is 6.08. The average molecular weight is 485 g/mol. The minimum absolute atomic E-state index is 0.0360. The second-order valence-corrected chi connectivity index (χ2v) is 10.3. The first-order valence-corrected chi connectivity index (χ1v) is 13.1. The fourth-order valence-corrected chi connectivity index (χ4v) is 4.92. The number of anilines is 1. The van der Waals surface area contributed by atoms with E-state index in [9.17, 15) is 14.4 Å². The van der Waals surface area contributed by atoms with Gasteiger partial charge in [0.1, 0.15) is 6.04 Å². The van der Waals surface area contributed by atoms with E-state index in [0.29, 0.717) is 17.6 Å². The lowest BCUT2D eigenvalue weighted by molar-refractivity contribution is -0.142. The summed E-state index contributed by atoms with van der Waals surface area (Å²) in [5.41, 5.74) is 1.63. The minimum atomic E-state index is -0.710. The SMILES string of the molecule is Cc1csc(NC(=O)CCC(=O)N(CCC(C)C)C(C(=O)NC2CCCC2)c2ccccc2)n1. The molecule has 0 saturated heterocycles. The van der Waals surface area contributed by atoms with Crippen LogP contribution in [0.1, 0.15) is 76.1 Å². The summed E-state index contributed by atoms with van der Waals surface area (Å²) in [7, 11) is 0. The number of thiazole rings is 1. The van der Waals surface area contributed by atoms with Gasteiger partial charge >= 0.3 is 0 Å². The lowest BCUT2D eigenvalue weighted by Crippen LogP contribution is -2.46. The molecule has 0 radical (unpaired) electrons. The number of carbonyl (C=O) groups excluding carboxylic acids is 3. The Morgan fingerprint density at radius 3 is 2.44 bits per heavy atom. The molecule has 1 heterocycles. The van der Waals surface area contributed by atoms with Gasteiger partial charge in [-0.1, -0.05) is 57.0 Å². The van der Waals surface area contributed by atoms with E-state index in [0.717, 1.165) is 43.4 Å². The van der Waals surface area contributed by atoms with Crippen molar-refractivity contribution < 1.29 is 14.4 Å². The van der Waals surface area contributed by atoms with E-state index in [1.165, 1.54) is 11.3 Å². The van der Waals surface area contributed by atoms with Gasteiger partial charge < -0.3 is 15.5 Å². The normalized spacial score (nSPS) is 14.7. The summed E-state index contributed by atoms with van der Waals surface area (Å²) in [5, 5.41) is 8.33. The number of nitrogens with one attached hydrogen (secondary N) is 2. The molecule has 1 aliphatic carbocycles. The van der Waals surface area contributed by atoms with Crippen molar-refractivity contribution in [1.29, 1.82) is 0 Å². The third-order valence-corrected chi connectivity index (χ3v) is 6.95. The van der Waals surface area contributed by atoms with Gasteiger partial charge in [0, 0.05) is 30.8 Å². The lowest BCUT2D eigenvalue weighted by Gasteiger charge is -2.33. The molecule has 8 heteroatoms. The highest BCUT2D eigenvalue weighted by Crippen LogP contribution is 2.26. The van der Waals surface area contributed by atoms with E-state index < -0.39 is 6.04 Å². The van der Waals surface area contributed by atoms with Gasteiger partial charge in [-0.3, -0.25) is 14.4 Å². The molecule has 1 aromatic carbocycles. The number of nitrogens with zero attached hydrogens (tertiary/aromatic N) is 2. The number of hydrogen-bond acceptors (Lipinski definition) is 5. The highest BCUT2D eigenvalue weighted by atomic mass is 32.1. The molecule has 0 bridgehead atoms. The van der Waals surface area contributed by atoms with Crippen molar-refractivity contribution in [2.45, 2.75) is 77.8 Å². The van der Waals surface area contributed by atoms with Crippen molar-refractivity contribution in [3.63, 3.8) is 0 Å². The molecule has 2 aromatic rings. The maximum Gasteiger partial charge on any atom is 0.247 e. The number of rotatable bonds is 11. The van der Waals surface area contributed by atoms with Crippen molar-refractivity contribution in [2.24, 2.45) is 5.92 Å². The Balaban J connectivity index is 1.75. The Bertz CT molecular complexity index is 954. The molecule has 7 nitrogen and oxygen atoms in total. The zero-order valence-corrected chi connectivity index (χ0v) is 21.2. The maximum absolute atomic E-state index is 13.5. The lowest BCUT2D eigenvalue weighted by atomic mass is 10.0. The summed E-state index contributed by atoms with van der Waals surface area (Å²) in [5.74, 6) is -0.210. The number of benzene rings is 1. The summed E-state index contributed by atoms with van der Waals surface area (Å²) in [6.07, 6.45) is 5.04. The minimum Gasteiger partial charge on any atom is -0.351 e. The van der Waals surface area contributed by atoms with E-state index in [1.54, 1.807) is 4.90 Å². The van der Waals surface area contributed by atoms with Crippen LogP contribution in [-0.2, 0) is 14.4 Å². The number of aryl methyl sites for hydroxylation is 1. The molecule has 1 fully saturated rings. The monoisotopic (exact) mass is 484 g/mol. The average Bonchev–Trinajstić information content (AvgIpc) is 3.46. The van der Waals surface area contributed by atoms with Crippen molar-refractivity contribution in [1.82, 2.24) is 15.2 Å². The molecule has 3 amide bonds. The first kappa shape index (κ1) is 25.9. The summed E-state index contributed by atoms with van der Waals surface area (Å²) < 4.78 is 0. The van der Waals surface area contributed by atoms with Crippen LogP contribution in [0.3, 0.4) is 0 Å². The molecule has 1 aliphatic rings. The fraction of sp³-hybridized carbons (Fsp3) is 0.538. The summed E-state index contributed by atoms with van der Waals surface area (Å²) in [6.45, 7) is 6.52. The van der Waals surface area contributed by atoms with Crippen LogP contribution in [0.25, 0.3) is 0 Å². The molecule has 1 atom stereocenters. The zero-order valence-electron chi connectivity index (χ0n) is 20.4. The van der Waals surface area contributed by atoms with E-state index in [-0.39, 0.29) is 36.6 Å². The quantitative estimate of drug-likeness (QED) is 0.477. The second-order valence-electron chi connectivity index (χ2n) is 9.42. The molecular formula is C26H36N4O3S. The third kappa shape index (κ3) is 7.65. The molecule has 1 aromatic heterocycles. The number of aromatic nitrogens is 1. The van der Waals surface area contributed by atoms with Gasteiger partial charge in [0.15, 0.2) is 5.13 Å². The highest BCUT2D eigenvalue weighted by Gasteiger charge is 2.33. The molecule has 184 valence electrons. The van der Waals surface area contributed by atoms with Crippen LogP contribution >= 0.6 is 11.3 Å². The predicted octanol–water partition coefficient (Wildman–Crippen LogP) is 4.85. The van der Waals surface area contributed by atoms with E-state index >= 15 is 0 Å². The maximum atomic E-state index is 13.5. The first-order valence-electron chi connectivity index (χ1n) is 12.2.